The van der Waals surface area contributed by atoms with Crippen LogP contribution in [0.1, 0.15) is 50.9 Å². The van der Waals surface area contributed by atoms with Crippen LogP contribution in [-0.4, -0.2) is 60.5 Å². The molecule has 0 aliphatic carbocycles. The molecular weight excluding hydrogens is 518 g/mol. The third-order valence-electron chi connectivity index (χ3n) is 6.78. The first-order valence-corrected chi connectivity index (χ1v) is 16.2. The van der Waals surface area contributed by atoms with Gasteiger partial charge in [-0.15, -0.1) is 0 Å². The Kier molecular flexibility index (Phi) is 12.9. The number of carbonyl (C=O) groups is 1. The van der Waals surface area contributed by atoms with E-state index in [-0.39, 0.29) is 17.6 Å². The van der Waals surface area contributed by atoms with Crippen molar-refractivity contribution >= 4 is 30.3 Å². The molecule has 3 aromatic carbocycles. The van der Waals surface area contributed by atoms with E-state index in [1.54, 1.807) is 12.1 Å². The second-order valence-electron chi connectivity index (χ2n) is 10.7. The Hall–Kier alpha value is -2.97. The maximum Gasteiger partial charge on any atom is 0.338 e. The highest BCUT2D eigenvalue weighted by atomic mass is 28.4. The third kappa shape index (κ3) is 9.03. The Morgan fingerprint density at radius 3 is 1.77 bits per heavy atom. The summed E-state index contributed by atoms with van der Waals surface area (Å²) in [5.74, 6) is -0.347. The molecule has 6 nitrogen and oxygen atoms in total. The van der Waals surface area contributed by atoms with Gasteiger partial charge in [-0.3, -0.25) is 0 Å². The van der Waals surface area contributed by atoms with Crippen molar-refractivity contribution in [2.24, 2.45) is 0 Å². The normalized spacial score (nSPS) is 11.8. The number of esters is 1. The Bertz CT molecular complexity index is 1080. The largest absolute Gasteiger partial charge is 0.460 e. The van der Waals surface area contributed by atoms with Crippen molar-refractivity contribution in [2.45, 2.75) is 45.6 Å². The van der Waals surface area contributed by atoms with E-state index in [4.69, 9.17) is 18.6 Å². The van der Waals surface area contributed by atoms with Gasteiger partial charge in [0, 0.05) is 12.2 Å². The van der Waals surface area contributed by atoms with Crippen LogP contribution in [0.4, 0.5) is 5.69 Å². The number of rotatable bonds is 17. The Balaban J connectivity index is 1.37. The molecule has 0 aliphatic heterocycles. The highest BCUT2D eigenvalue weighted by molar-refractivity contribution is 6.99. The van der Waals surface area contributed by atoms with E-state index in [2.05, 4.69) is 81.5 Å². The molecule has 0 aromatic heterocycles. The van der Waals surface area contributed by atoms with E-state index in [0.29, 0.717) is 38.6 Å². The molecule has 0 atom stereocenters. The minimum absolute atomic E-state index is 0.0657. The van der Waals surface area contributed by atoms with E-state index in [1.807, 2.05) is 24.3 Å². The number of hydrogen-bond acceptors (Lipinski definition) is 6. The van der Waals surface area contributed by atoms with Crippen molar-refractivity contribution in [3.05, 3.63) is 90.5 Å². The van der Waals surface area contributed by atoms with Gasteiger partial charge in [-0.2, -0.15) is 0 Å². The first-order valence-electron chi connectivity index (χ1n) is 14.3. The van der Waals surface area contributed by atoms with Crippen molar-refractivity contribution in [3.8, 4) is 0 Å². The standard InChI is InChI=1S/C33H45NO5Si/c1-5-6-21-34-29-19-17-28(18-20-29)32(35)38-26-24-36-22-23-37-25-27-39-40(33(2,3)4,30-13-9-7-10-14-30)31-15-11-8-12-16-31/h7-20,34H,5-6,21-27H2,1-4H3. The molecule has 0 radical (unpaired) electrons. The van der Waals surface area contributed by atoms with Crippen molar-refractivity contribution < 1.29 is 23.4 Å². The molecule has 0 saturated carbocycles. The lowest BCUT2D eigenvalue weighted by Crippen LogP contribution is -2.66. The van der Waals surface area contributed by atoms with Gasteiger partial charge in [0.1, 0.15) is 6.61 Å². The highest BCUT2D eigenvalue weighted by Crippen LogP contribution is 2.36. The van der Waals surface area contributed by atoms with E-state index in [0.717, 1.165) is 25.1 Å². The molecule has 0 aliphatic rings. The number of benzene rings is 3. The molecule has 0 spiro atoms. The Labute approximate surface area is 241 Å². The zero-order valence-corrected chi connectivity index (χ0v) is 25.5. The average molecular weight is 564 g/mol. The summed E-state index contributed by atoms with van der Waals surface area (Å²) in [5.41, 5.74) is 1.54. The van der Waals surface area contributed by atoms with Crippen molar-refractivity contribution in [1.82, 2.24) is 0 Å². The second kappa shape index (κ2) is 16.3. The number of nitrogens with one attached hydrogen (secondary N) is 1. The molecule has 1 N–H and O–H groups in total. The zero-order valence-electron chi connectivity index (χ0n) is 24.5. The summed E-state index contributed by atoms with van der Waals surface area (Å²) in [6.07, 6.45) is 2.26. The van der Waals surface area contributed by atoms with Gasteiger partial charge in [0.05, 0.1) is 38.6 Å². The van der Waals surface area contributed by atoms with Crippen molar-refractivity contribution in [1.29, 1.82) is 0 Å². The predicted molar refractivity (Wildman–Crippen MR) is 165 cm³/mol. The fourth-order valence-electron chi connectivity index (χ4n) is 4.75. The predicted octanol–water partition coefficient (Wildman–Crippen LogP) is 5.67. The molecule has 0 fully saturated rings. The Morgan fingerprint density at radius 2 is 1.25 bits per heavy atom. The van der Waals surface area contributed by atoms with E-state index in [9.17, 15) is 4.79 Å². The maximum atomic E-state index is 12.2. The molecular formula is C33H45NO5Si. The van der Waals surface area contributed by atoms with Crippen molar-refractivity contribution in [3.63, 3.8) is 0 Å². The van der Waals surface area contributed by atoms with Gasteiger partial charge >= 0.3 is 5.97 Å². The monoisotopic (exact) mass is 563 g/mol. The molecule has 0 saturated heterocycles. The minimum Gasteiger partial charge on any atom is -0.460 e. The topological polar surface area (TPSA) is 66.0 Å². The highest BCUT2D eigenvalue weighted by Gasteiger charge is 2.49. The van der Waals surface area contributed by atoms with Crippen LogP contribution in [0.3, 0.4) is 0 Å². The summed E-state index contributed by atoms with van der Waals surface area (Å²) in [6.45, 7) is 12.3. The fraction of sp³-hybridized carbons (Fsp3) is 0.424. The number of hydrogen-bond donors (Lipinski definition) is 1. The van der Waals surface area contributed by atoms with Crippen LogP contribution in [0.25, 0.3) is 0 Å². The summed E-state index contributed by atoms with van der Waals surface area (Å²) in [6, 6.07) is 28.5. The van der Waals surface area contributed by atoms with Gasteiger partial charge in [-0.25, -0.2) is 4.79 Å². The lowest BCUT2D eigenvalue weighted by atomic mass is 10.2. The summed E-state index contributed by atoms with van der Waals surface area (Å²) in [4.78, 5) is 12.2. The van der Waals surface area contributed by atoms with E-state index in [1.165, 1.54) is 10.4 Å². The van der Waals surface area contributed by atoms with E-state index < -0.39 is 8.32 Å². The number of ether oxygens (including phenoxy) is 3. The first kappa shape index (κ1) is 31.6. The SMILES string of the molecule is CCCCNc1ccc(C(=O)OCCOCCOCCO[Si](c2ccccc2)(c2ccccc2)C(C)(C)C)cc1. The summed E-state index contributed by atoms with van der Waals surface area (Å²) >= 11 is 0. The maximum absolute atomic E-state index is 12.2. The zero-order chi connectivity index (χ0) is 28.7. The second-order valence-corrected chi connectivity index (χ2v) is 15.0. The molecule has 216 valence electrons. The van der Waals surface area contributed by atoms with Crippen LogP contribution < -0.4 is 15.7 Å². The molecule has 0 bridgehead atoms. The smallest absolute Gasteiger partial charge is 0.338 e. The van der Waals surface area contributed by atoms with Crippen LogP contribution in [0.15, 0.2) is 84.9 Å². The van der Waals surface area contributed by atoms with Gasteiger partial charge in [-0.05, 0) is 46.1 Å². The minimum atomic E-state index is -2.55. The van der Waals surface area contributed by atoms with Gasteiger partial charge < -0.3 is 24.0 Å². The van der Waals surface area contributed by atoms with Gasteiger partial charge in [0.25, 0.3) is 8.32 Å². The summed E-state index contributed by atoms with van der Waals surface area (Å²) < 4.78 is 23.6. The lowest BCUT2D eigenvalue weighted by molar-refractivity contribution is 0.0101. The molecule has 3 aromatic rings. The van der Waals surface area contributed by atoms with Crippen LogP contribution >= 0.6 is 0 Å². The van der Waals surface area contributed by atoms with Crippen LogP contribution in [-0.2, 0) is 18.6 Å². The quantitative estimate of drug-likeness (QED) is 0.130. The molecule has 0 amide bonds. The van der Waals surface area contributed by atoms with Crippen molar-refractivity contribution in [2.75, 3.05) is 51.5 Å². The number of carbonyl (C=O) groups excluding carboxylic acids is 1. The lowest BCUT2D eigenvalue weighted by Gasteiger charge is -2.43. The molecule has 0 heterocycles. The van der Waals surface area contributed by atoms with E-state index >= 15 is 0 Å². The number of unbranched alkanes of at least 4 members (excludes halogenated alkanes) is 1. The fourth-order valence-corrected chi connectivity index (χ4v) is 9.29. The van der Waals surface area contributed by atoms with Gasteiger partial charge in [-0.1, -0.05) is 94.8 Å². The molecule has 0 unspecified atom stereocenters. The molecule has 40 heavy (non-hydrogen) atoms. The Morgan fingerprint density at radius 1 is 0.725 bits per heavy atom. The van der Waals surface area contributed by atoms with Gasteiger partial charge in [0.15, 0.2) is 0 Å². The molecule has 7 heteroatoms. The van der Waals surface area contributed by atoms with Gasteiger partial charge in [0.2, 0.25) is 0 Å². The number of anilines is 1. The first-order chi connectivity index (χ1) is 19.4. The van der Waals surface area contributed by atoms with Crippen LogP contribution in [0, 0.1) is 0 Å². The average Bonchev–Trinajstić information content (AvgIpc) is 2.96. The molecule has 3 rings (SSSR count). The summed E-state index contributed by atoms with van der Waals surface area (Å²) in [5, 5.41) is 5.78. The van der Waals surface area contributed by atoms with Crippen LogP contribution in [0.5, 0.6) is 0 Å². The third-order valence-corrected chi connectivity index (χ3v) is 11.8. The van der Waals surface area contributed by atoms with Crippen LogP contribution in [0.2, 0.25) is 5.04 Å². The summed E-state index contributed by atoms with van der Waals surface area (Å²) in [7, 11) is -2.55.